The average Bonchev–Trinajstić information content (AvgIpc) is 3.40. The van der Waals surface area contributed by atoms with E-state index in [0.717, 1.165) is 50.8 Å². The monoisotopic (exact) mass is 459 g/mol. The molecule has 34 heavy (non-hydrogen) atoms. The number of phenolic OH excluding ortho intramolecular Hbond substituents is 1. The van der Waals surface area contributed by atoms with E-state index in [-0.39, 0.29) is 17.3 Å². The van der Waals surface area contributed by atoms with Gasteiger partial charge in [0.2, 0.25) is 0 Å². The fraction of sp³-hybridized carbons (Fsp3) is 0.500. The second-order valence-electron chi connectivity index (χ2n) is 11.0. The SMILES string of the molecule is COc1cc2c3c(c1O)[C@]1(CC[C@]4(C[C@H]1O)NCCc1c4[nH]c4ccccc14)C[C@@H]3N(C)CC2. The number of aromatic hydroxyl groups is 1. The smallest absolute Gasteiger partial charge is 0.161 e. The summed E-state index contributed by atoms with van der Waals surface area (Å²) in [6, 6.07) is 10.8. The number of phenols is 1. The minimum atomic E-state index is -0.563. The van der Waals surface area contributed by atoms with E-state index in [1.165, 1.54) is 33.3 Å². The zero-order valence-electron chi connectivity index (χ0n) is 19.9. The highest BCUT2D eigenvalue weighted by molar-refractivity contribution is 5.85. The Kier molecular flexibility index (Phi) is 4.28. The summed E-state index contributed by atoms with van der Waals surface area (Å²) in [6.45, 7) is 1.90. The molecule has 0 unspecified atom stereocenters. The van der Waals surface area contributed by atoms with Gasteiger partial charge in [-0.1, -0.05) is 18.2 Å². The Balaban J connectivity index is 1.35. The number of hydrogen-bond donors (Lipinski definition) is 4. The first kappa shape index (κ1) is 20.8. The number of aromatic amines is 1. The quantitative estimate of drug-likeness (QED) is 0.447. The second-order valence-corrected chi connectivity index (χ2v) is 11.0. The lowest BCUT2D eigenvalue weighted by Gasteiger charge is -2.50. The van der Waals surface area contributed by atoms with Gasteiger partial charge >= 0.3 is 0 Å². The Morgan fingerprint density at radius 1 is 1.15 bits per heavy atom. The van der Waals surface area contributed by atoms with Crippen LogP contribution in [0.1, 0.15) is 59.7 Å². The van der Waals surface area contributed by atoms with Crippen molar-refractivity contribution in [1.29, 1.82) is 0 Å². The molecule has 2 aliphatic heterocycles. The molecular weight excluding hydrogens is 426 g/mol. The number of H-pyrrole nitrogens is 1. The predicted molar refractivity (Wildman–Crippen MR) is 132 cm³/mol. The van der Waals surface area contributed by atoms with E-state index in [0.29, 0.717) is 12.2 Å². The number of para-hydroxylation sites is 1. The number of nitrogens with one attached hydrogen (secondary N) is 2. The van der Waals surface area contributed by atoms with Gasteiger partial charge in [0.25, 0.3) is 0 Å². The molecule has 1 aromatic heterocycles. The fourth-order valence-electron chi connectivity index (χ4n) is 7.87. The molecule has 3 heterocycles. The van der Waals surface area contributed by atoms with Crippen molar-refractivity contribution in [3.63, 3.8) is 0 Å². The van der Waals surface area contributed by atoms with Gasteiger partial charge in [-0.15, -0.1) is 0 Å². The standard InChI is InChI=1S/C28H33N3O3/c1-31-12-8-16-13-21(34-2)25(33)24-23(16)20(31)14-27(24)9-10-28(15-22(27)32)26-18(7-11-29-28)17-5-3-4-6-19(17)30-26/h3-6,13,20,22,29-30,32-33H,7-12,14-15H2,1-2H3/t20-,22+,27+,28+/m0/s1. The lowest BCUT2D eigenvalue weighted by Crippen LogP contribution is -2.57. The van der Waals surface area contributed by atoms with Crippen molar-refractivity contribution in [1.82, 2.24) is 15.2 Å². The summed E-state index contributed by atoms with van der Waals surface area (Å²) in [5.74, 6) is 0.775. The van der Waals surface area contributed by atoms with E-state index in [2.05, 4.69) is 46.5 Å². The Morgan fingerprint density at radius 2 is 2.00 bits per heavy atom. The molecule has 0 bridgehead atoms. The van der Waals surface area contributed by atoms with Crippen LogP contribution >= 0.6 is 0 Å². The molecule has 2 aliphatic carbocycles. The summed E-state index contributed by atoms with van der Waals surface area (Å²) in [6.07, 6.45) is 4.62. The molecule has 1 saturated carbocycles. The maximum atomic E-state index is 12.0. The van der Waals surface area contributed by atoms with E-state index in [4.69, 9.17) is 4.74 Å². The zero-order chi connectivity index (χ0) is 23.2. The number of likely N-dealkylation sites (N-methyl/N-ethyl adjacent to an activating group) is 1. The van der Waals surface area contributed by atoms with Crippen molar-refractivity contribution < 1.29 is 14.9 Å². The molecule has 3 aromatic rings. The summed E-state index contributed by atoms with van der Waals surface area (Å²) in [5.41, 5.74) is 6.56. The van der Waals surface area contributed by atoms with Crippen LogP contribution in [0.5, 0.6) is 11.5 Å². The number of nitrogens with zero attached hydrogens (tertiary/aromatic N) is 1. The molecule has 178 valence electrons. The second kappa shape index (κ2) is 7.00. The number of aromatic nitrogens is 1. The molecule has 0 amide bonds. The molecule has 0 saturated heterocycles. The molecular formula is C28H33N3O3. The highest BCUT2D eigenvalue weighted by Gasteiger charge is 2.59. The molecule has 1 fully saturated rings. The summed E-state index contributed by atoms with van der Waals surface area (Å²) in [7, 11) is 3.80. The van der Waals surface area contributed by atoms with Crippen molar-refractivity contribution in [2.75, 3.05) is 27.2 Å². The number of fused-ring (bicyclic) bond motifs is 5. The van der Waals surface area contributed by atoms with Crippen molar-refractivity contribution in [2.24, 2.45) is 0 Å². The molecule has 6 nitrogen and oxygen atoms in total. The molecule has 4 aliphatic rings. The maximum absolute atomic E-state index is 12.0. The van der Waals surface area contributed by atoms with Gasteiger partial charge in [0, 0.05) is 46.7 Å². The largest absolute Gasteiger partial charge is 0.504 e. The minimum absolute atomic E-state index is 0.233. The average molecular weight is 460 g/mol. The van der Waals surface area contributed by atoms with Crippen molar-refractivity contribution >= 4 is 10.9 Å². The third-order valence-corrected chi connectivity index (χ3v) is 9.57. The first-order chi connectivity index (χ1) is 16.5. The van der Waals surface area contributed by atoms with E-state index in [9.17, 15) is 10.2 Å². The molecule has 4 atom stereocenters. The van der Waals surface area contributed by atoms with Crippen LogP contribution in [0.2, 0.25) is 0 Å². The lowest BCUT2D eigenvalue weighted by molar-refractivity contribution is -0.0142. The Bertz CT molecular complexity index is 1320. The first-order valence-electron chi connectivity index (χ1n) is 12.6. The number of aliphatic hydroxyl groups is 1. The molecule has 4 N–H and O–H groups in total. The third kappa shape index (κ3) is 2.51. The van der Waals surface area contributed by atoms with Crippen molar-refractivity contribution in [3.05, 3.63) is 58.3 Å². The van der Waals surface area contributed by atoms with Gasteiger partial charge in [-0.3, -0.25) is 4.90 Å². The molecule has 6 heteroatoms. The van der Waals surface area contributed by atoms with Crippen LogP contribution in [0.25, 0.3) is 10.9 Å². The number of rotatable bonds is 1. The number of hydrogen-bond acceptors (Lipinski definition) is 5. The minimum Gasteiger partial charge on any atom is -0.504 e. The van der Waals surface area contributed by atoms with E-state index >= 15 is 0 Å². The van der Waals surface area contributed by atoms with Gasteiger partial charge in [-0.25, -0.2) is 0 Å². The molecule has 0 radical (unpaired) electrons. The third-order valence-electron chi connectivity index (χ3n) is 9.57. The highest BCUT2D eigenvalue weighted by atomic mass is 16.5. The van der Waals surface area contributed by atoms with Gasteiger partial charge < -0.3 is 25.3 Å². The maximum Gasteiger partial charge on any atom is 0.161 e. The number of methoxy groups -OCH3 is 1. The lowest BCUT2D eigenvalue weighted by atomic mass is 9.60. The summed E-state index contributed by atoms with van der Waals surface area (Å²) >= 11 is 0. The van der Waals surface area contributed by atoms with Crippen LogP contribution in [0.15, 0.2) is 30.3 Å². The number of ether oxygens (including phenoxy) is 1. The van der Waals surface area contributed by atoms with Crippen LogP contribution in [-0.4, -0.2) is 53.4 Å². The number of aliphatic hydroxyl groups excluding tert-OH is 1. The van der Waals surface area contributed by atoms with Crippen LogP contribution in [0.4, 0.5) is 0 Å². The Morgan fingerprint density at radius 3 is 2.82 bits per heavy atom. The summed E-state index contributed by atoms with van der Waals surface area (Å²) < 4.78 is 5.60. The normalized spacial score (nSPS) is 32.3. The predicted octanol–water partition coefficient (Wildman–Crippen LogP) is 3.64. The Labute approximate surface area is 199 Å². The summed E-state index contributed by atoms with van der Waals surface area (Å²) in [4.78, 5) is 6.12. The van der Waals surface area contributed by atoms with Gasteiger partial charge in [-0.05, 0) is 74.4 Å². The van der Waals surface area contributed by atoms with E-state index in [1.54, 1.807) is 7.11 Å². The van der Waals surface area contributed by atoms with Crippen LogP contribution < -0.4 is 10.1 Å². The Hall–Kier alpha value is -2.54. The molecule has 7 rings (SSSR count). The first-order valence-corrected chi connectivity index (χ1v) is 12.6. The van der Waals surface area contributed by atoms with Crippen molar-refractivity contribution in [3.8, 4) is 11.5 Å². The topological polar surface area (TPSA) is 80.7 Å². The zero-order valence-corrected chi connectivity index (χ0v) is 19.9. The number of benzene rings is 2. The fourth-order valence-corrected chi connectivity index (χ4v) is 7.87. The van der Waals surface area contributed by atoms with Crippen molar-refractivity contribution in [2.45, 2.75) is 61.6 Å². The van der Waals surface area contributed by atoms with E-state index < -0.39 is 11.5 Å². The van der Waals surface area contributed by atoms with Gasteiger partial charge in [0.05, 0.1) is 18.8 Å². The molecule has 2 spiro atoms. The molecule has 2 aromatic carbocycles. The summed E-state index contributed by atoms with van der Waals surface area (Å²) in [5, 5.41) is 28.5. The highest BCUT2D eigenvalue weighted by Crippen LogP contribution is 2.62. The van der Waals surface area contributed by atoms with Crippen LogP contribution in [0, 0.1) is 0 Å². The van der Waals surface area contributed by atoms with E-state index in [1.807, 2.05) is 6.07 Å². The van der Waals surface area contributed by atoms with Gasteiger partial charge in [0.1, 0.15) is 0 Å². The van der Waals surface area contributed by atoms with Gasteiger partial charge in [-0.2, -0.15) is 0 Å². The van der Waals surface area contributed by atoms with Crippen LogP contribution in [-0.2, 0) is 23.8 Å². The van der Waals surface area contributed by atoms with Crippen LogP contribution in [0.3, 0.4) is 0 Å². The van der Waals surface area contributed by atoms with Gasteiger partial charge in [0.15, 0.2) is 11.5 Å².